The Morgan fingerprint density at radius 1 is 1.37 bits per heavy atom. The van der Waals surface area contributed by atoms with Crippen LogP contribution in [-0.2, 0) is 13.5 Å². The van der Waals surface area contributed by atoms with Gasteiger partial charge in [-0.2, -0.15) is 5.10 Å². The second-order valence-corrected chi connectivity index (χ2v) is 4.83. The van der Waals surface area contributed by atoms with Crippen molar-refractivity contribution >= 4 is 5.69 Å². The number of hydrogen-bond donors (Lipinski definition) is 1. The molecule has 0 radical (unpaired) electrons. The lowest BCUT2D eigenvalue weighted by Gasteiger charge is -2.21. The fourth-order valence-corrected chi connectivity index (χ4v) is 2.53. The van der Waals surface area contributed by atoms with Crippen molar-refractivity contribution in [1.29, 1.82) is 0 Å². The lowest BCUT2D eigenvalue weighted by Crippen LogP contribution is -2.12. The van der Waals surface area contributed by atoms with Crippen LogP contribution in [0.4, 0.5) is 14.5 Å². The number of hydrogen-bond acceptors (Lipinski definition) is 2. The van der Waals surface area contributed by atoms with Gasteiger partial charge in [-0.3, -0.25) is 4.68 Å². The second-order valence-electron chi connectivity index (χ2n) is 4.83. The van der Waals surface area contributed by atoms with E-state index >= 15 is 0 Å². The number of benzene rings is 1. The van der Waals surface area contributed by atoms with Crippen LogP contribution in [0.3, 0.4) is 0 Å². The quantitative estimate of drug-likeness (QED) is 0.900. The van der Waals surface area contributed by atoms with Crippen molar-refractivity contribution in [3.8, 4) is 11.1 Å². The number of nitrogens with one attached hydrogen (secondary N) is 1. The molecule has 1 aromatic carbocycles. The van der Waals surface area contributed by atoms with E-state index in [1.807, 2.05) is 6.07 Å². The van der Waals surface area contributed by atoms with Crippen molar-refractivity contribution in [1.82, 2.24) is 9.78 Å². The van der Waals surface area contributed by atoms with Crippen molar-refractivity contribution in [3.63, 3.8) is 0 Å². The van der Waals surface area contributed by atoms with Gasteiger partial charge in [0.1, 0.15) is 0 Å². The topological polar surface area (TPSA) is 29.9 Å². The minimum atomic E-state index is -2.48. The predicted molar refractivity (Wildman–Crippen MR) is 70.4 cm³/mol. The summed E-state index contributed by atoms with van der Waals surface area (Å²) < 4.78 is 28.1. The smallest absolute Gasteiger partial charge is 0.264 e. The zero-order valence-electron chi connectivity index (χ0n) is 10.7. The first kappa shape index (κ1) is 12.1. The molecule has 0 fully saturated rings. The molecule has 0 spiro atoms. The molecular weight excluding hydrogens is 248 g/mol. The van der Waals surface area contributed by atoms with Gasteiger partial charge in [0.15, 0.2) is 0 Å². The maximum atomic E-state index is 13.2. The third-order valence-electron chi connectivity index (χ3n) is 3.46. The normalized spacial score (nSPS) is 14.3. The zero-order chi connectivity index (χ0) is 13.4. The maximum absolute atomic E-state index is 13.2. The molecule has 19 heavy (non-hydrogen) atoms. The Balaban J connectivity index is 2.16. The molecule has 2 aromatic rings. The monoisotopic (exact) mass is 263 g/mol. The fraction of sp³-hybridized carbons (Fsp3) is 0.357. The number of aromatic nitrogens is 2. The SMILES string of the molecule is Cn1cc(-c2cc3c(cc2C(F)F)NCCC3)cn1. The lowest BCUT2D eigenvalue weighted by atomic mass is 9.94. The highest BCUT2D eigenvalue weighted by Crippen LogP contribution is 2.36. The summed E-state index contributed by atoms with van der Waals surface area (Å²) in [6, 6.07) is 3.46. The molecule has 0 amide bonds. The molecule has 5 heteroatoms. The van der Waals surface area contributed by atoms with Gasteiger partial charge in [0, 0.05) is 36.6 Å². The Kier molecular flexibility index (Phi) is 2.97. The van der Waals surface area contributed by atoms with Crippen LogP contribution >= 0.6 is 0 Å². The van der Waals surface area contributed by atoms with E-state index in [0.717, 1.165) is 36.2 Å². The van der Waals surface area contributed by atoms with Gasteiger partial charge in [-0.15, -0.1) is 0 Å². The molecule has 0 unspecified atom stereocenters. The van der Waals surface area contributed by atoms with Crippen LogP contribution < -0.4 is 5.32 Å². The van der Waals surface area contributed by atoms with Crippen molar-refractivity contribution in [2.24, 2.45) is 7.05 Å². The standard InChI is InChI=1S/C14H15F2N3/c1-19-8-10(7-18-19)11-5-9-3-2-4-17-13(9)6-12(11)14(15)16/h5-8,14,17H,2-4H2,1H3. The van der Waals surface area contributed by atoms with Crippen molar-refractivity contribution in [2.75, 3.05) is 11.9 Å². The first-order valence-corrected chi connectivity index (χ1v) is 6.33. The number of rotatable bonds is 2. The lowest BCUT2D eigenvalue weighted by molar-refractivity contribution is 0.152. The van der Waals surface area contributed by atoms with Gasteiger partial charge in [-0.25, -0.2) is 8.78 Å². The molecule has 3 nitrogen and oxygen atoms in total. The first-order valence-electron chi connectivity index (χ1n) is 6.33. The third kappa shape index (κ3) is 2.20. The van der Waals surface area contributed by atoms with E-state index in [-0.39, 0.29) is 5.56 Å². The molecule has 0 saturated carbocycles. The first-order chi connectivity index (χ1) is 9.15. The highest BCUT2D eigenvalue weighted by molar-refractivity contribution is 5.72. The van der Waals surface area contributed by atoms with Crippen molar-refractivity contribution in [2.45, 2.75) is 19.3 Å². The Labute approximate surface area is 110 Å². The van der Waals surface area contributed by atoms with E-state index in [1.54, 1.807) is 30.2 Å². The summed E-state index contributed by atoms with van der Waals surface area (Å²) >= 11 is 0. The van der Waals surface area contributed by atoms with Gasteiger partial charge in [0.05, 0.1) is 6.20 Å². The Morgan fingerprint density at radius 2 is 2.21 bits per heavy atom. The van der Waals surface area contributed by atoms with Gasteiger partial charge >= 0.3 is 0 Å². The van der Waals surface area contributed by atoms with Gasteiger partial charge in [0.25, 0.3) is 6.43 Å². The average Bonchev–Trinajstić information content (AvgIpc) is 2.83. The van der Waals surface area contributed by atoms with Gasteiger partial charge < -0.3 is 5.32 Å². The highest BCUT2D eigenvalue weighted by Gasteiger charge is 2.20. The third-order valence-corrected chi connectivity index (χ3v) is 3.46. The van der Waals surface area contributed by atoms with E-state index in [1.165, 1.54) is 0 Å². The molecule has 1 aliphatic heterocycles. The van der Waals surface area contributed by atoms with E-state index in [4.69, 9.17) is 0 Å². The molecule has 3 rings (SSSR count). The summed E-state index contributed by atoms with van der Waals surface area (Å²) in [5.41, 5.74) is 3.35. The zero-order valence-corrected chi connectivity index (χ0v) is 10.7. The molecule has 1 aromatic heterocycles. The Morgan fingerprint density at radius 3 is 2.89 bits per heavy atom. The molecule has 0 bridgehead atoms. The minimum Gasteiger partial charge on any atom is -0.385 e. The average molecular weight is 263 g/mol. The van der Waals surface area contributed by atoms with Gasteiger partial charge in [0.2, 0.25) is 0 Å². The molecule has 0 atom stereocenters. The van der Waals surface area contributed by atoms with Crippen molar-refractivity contribution < 1.29 is 8.78 Å². The summed E-state index contributed by atoms with van der Waals surface area (Å²) in [5, 5.41) is 7.25. The fourth-order valence-electron chi connectivity index (χ4n) is 2.53. The number of alkyl halides is 2. The van der Waals surface area contributed by atoms with Crippen molar-refractivity contribution in [3.05, 3.63) is 35.7 Å². The van der Waals surface area contributed by atoms with Crippen LogP contribution in [-0.4, -0.2) is 16.3 Å². The number of aryl methyl sites for hydroxylation is 2. The largest absolute Gasteiger partial charge is 0.385 e. The molecule has 0 saturated heterocycles. The number of fused-ring (bicyclic) bond motifs is 1. The Bertz CT molecular complexity index is 605. The molecule has 1 N–H and O–H groups in total. The van der Waals surface area contributed by atoms with Crippen LogP contribution in [0, 0.1) is 0 Å². The number of nitrogens with zero attached hydrogens (tertiary/aromatic N) is 2. The molecule has 0 aliphatic carbocycles. The van der Waals surface area contributed by atoms with Gasteiger partial charge in [-0.1, -0.05) is 0 Å². The van der Waals surface area contributed by atoms with Crippen LogP contribution in [0.1, 0.15) is 24.0 Å². The van der Waals surface area contributed by atoms with Crippen LogP contribution in [0.5, 0.6) is 0 Å². The van der Waals surface area contributed by atoms with E-state index in [9.17, 15) is 8.78 Å². The van der Waals surface area contributed by atoms with E-state index < -0.39 is 6.43 Å². The van der Waals surface area contributed by atoms with E-state index in [2.05, 4.69) is 10.4 Å². The number of halogens is 2. The molecule has 1 aliphatic rings. The number of anilines is 1. The summed E-state index contributed by atoms with van der Waals surface area (Å²) in [4.78, 5) is 0. The van der Waals surface area contributed by atoms with Crippen LogP contribution in [0.25, 0.3) is 11.1 Å². The summed E-state index contributed by atoms with van der Waals surface area (Å²) in [7, 11) is 1.78. The summed E-state index contributed by atoms with van der Waals surface area (Å²) in [5.74, 6) is 0. The maximum Gasteiger partial charge on any atom is 0.264 e. The second kappa shape index (κ2) is 4.64. The van der Waals surface area contributed by atoms with Crippen LogP contribution in [0.2, 0.25) is 0 Å². The summed E-state index contributed by atoms with van der Waals surface area (Å²) in [6.07, 6.45) is 2.88. The molecule has 100 valence electrons. The molecule has 2 heterocycles. The van der Waals surface area contributed by atoms with E-state index in [0.29, 0.717) is 5.56 Å². The highest BCUT2D eigenvalue weighted by atomic mass is 19.3. The van der Waals surface area contributed by atoms with Crippen LogP contribution in [0.15, 0.2) is 24.5 Å². The molecular formula is C14H15F2N3. The predicted octanol–water partition coefficient (Wildman–Crippen LogP) is 3.38. The Hall–Kier alpha value is -1.91. The minimum absolute atomic E-state index is 0.0705. The summed E-state index contributed by atoms with van der Waals surface area (Å²) in [6.45, 7) is 0.849. The van der Waals surface area contributed by atoms with Gasteiger partial charge in [-0.05, 0) is 36.1 Å².